The summed E-state index contributed by atoms with van der Waals surface area (Å²) in [6, 6.07) is 6.88. The van der Waals surface area contributed by atoms with Crippen LogP contribution in [0, 0.1) is 10.1 Å². The van der Waals surface area contributed by atoms with E-state index in [2.05, 4.69) is 20.9 Å². The Morgan fingerprint density at radius 3 is 2.46 bits per heavy atom. The van der Waals surface area contributed by atoms with E-state index >= 15 is 0 Å². The number of esters is 1. The lowest BCUT2D eigenvalue weighted by molar-refractivity contribution is -0.384. The molecule has 2 aromatic rings. The number of benzene rings is 1. The molecule has 1 amide bonds. The van der Waals surface area contributed by atoms with E-state index in [-0.39, 0.29) is 23.4 Å². The Morgan fingerprint density at radius 2 is 1.92 bits per heavy atom. The van der Waals surface area contributed by atoms with Crippen molar-refractivity contribution >= 4 is 39.3 Å². The Bertz CT molecular complexity index is 839. The van der Waals surface area contributed by atoms with Gasteiger partial charge in [-0.3, -0.25) is 19.8 Å². The average molecular weight is 422 g/mol. The van der Waals surface area contributed by atoms with Gasteiger partial charge in [0, 0.05) is 34.9 Å². The molecule has 2 rings (SSSR count). The van der Waals surface area contributed by atoms with Gasteiger partial charge in [-0.1, -0.05) is 0 Å². The maximum atomic E-state index is 12.9. The van der Waals surface area contributed by atoms with Crippen molar-refractivity contribution in [2.24, 2.45) is 0 Å². The number of hydrogen-bond donors (Lipinski definition) is 0. The third kappa shape index (κ3) is 4.42. The first kappa shape index (κ1) is 19.5. The Kier molecular flexibility index (Phi) is 6.40. The molecule has 0 aliphatic carbocycles. The third-order valence-electron chi connectivity index (χ3n) is 3.44. The number of halogens is 1. The number of non-ortho nitro benzene ring substituents is 1. The monoisotopic (exact) mass is 421 g/mol. The van der Waals surface area contributed by atoms with Crippen molar-refractivity contribution in [1.29, 1.82) is 0 Å². The van der Waals surface area contributed by atoms with Crippen molar-refractivity contribution in [1.82, 2.24) is 4.98 Å². The Morgan fingerprint density at radius 1 is 1.23 bits per heavy atom. The Hall–Kier alpha value is -2.81. The zero-order valence-corrected chi connectivity index (χ0v) is 15.7. The number of nitro groups is 1. The van der Waals surface area contributed by atoms with Crippen LogP contribution < -0.4 is 4.90 Å². The van der Waals surface area contributed by atoms with Gasteiger partial charge in [0.25, 0.3) is 11.6 Å². The molecule has 0 saturated heterocycles. The van der Waals surface area contributed by atoms with Gasteiger partial charge in [-0.2, -0.15) is 0 Å². The molecule has 1 aromatic heterocycles. The number of nitro benzene ring substituents is 1. The van der Waals surface area contributed by atoms with Crippen molar-refractivity contribution in [2.45, 2.75) is 13.8 Å². The van der Waals surface area contributed by atoms with Crippen LogP contribution in [0.5, 0.6) is 0 Å². The first-order chi connectivity index (χ1) is 12.4. The molecule has 0 radical (unpaired) electrons. The topological polar surface area (TPSA) is 103 Å². The molecule has 0 bridgehead atoms. The van der Waals surface area contributed by atoms with E-state index in [9.17, 15) is 19.7 Å². The van der Waals surface area contributed by atoms with Gasteiger partial charge in [0.15, 0.2) is 0 Å². The number of aromatic nitrogens is 1. The fourth-order valence-electron chi connectivity index (χ4n) is 2.27. The van der Waals surface area contributed by atoms with Crippen LogP contribution in [0.4, 0.5) is 11.5 Å². The molecular weight excluding hydrogens is 406 g/mol. The molecule has 0 fully saturated rings. The number of pyridine rings is 1. The van der Waals surface area contributed by atoms with Gasteiger partial charge in [-0.25, -0.2) is 9.78 Å². The van der Waals surface area contributed by atoms with E-state index in [1.54, 1.807) is 32.2 Å². The molecule has 0 atom stereocenters. The lowest BCUT2D eigenvalue weighted by atomic mass is 10.1. The number of rotatable bonds is 6. The van der Waals surface area contributed by atoms with Gasteiger partial charge in [0.2, 0.25) is 0 Å². The summed E-state index contributed by atoms with van der Waals surface area (Å²) in [4.78, 5) is 40.9. The highest BCUT2D eigenvalue weighted by molar-refractivity contribution is 9.10. The van der Waals surface area contributed by atoms with Gasteiger partial charge >= 0.3 is 5.97 Å². The van der Waals surface area contributed by atoms with Crippen molar-refractivity contribution in [3.05, 3.63) is 62.2 Å². The second-order valence-corrected chi connectivity index (χ2v) is 6.05. The second-order valence-electron chi connectivity index (χ2n) is 5.13. The summed E-state index contributed by atoms with van der Waals surface area (Å²) in [5.41, 5.74) is -0.406. The summed E-state index contributed by atoms with van der Waals surface area (Å²) in [6.45, 7) is 3.80. The van der Waals surface area contributed by atoms with E-state index < -0.39 is 16.8 Å². The molecule has 1 heterocycles. The molecule has 0 spiro atoms. The van der Waals surface area contributed by atoms with Crippen LogP contribution in [-0.4, -0.2) is 34.9 Å². The predicted molar refractivity (Wildman–Crippen MR) is 98.3 cm³/mol. The maximum Gasteiger partial charge on any atom is 0.338 e. The smallest absolute Gasteiger partial charge is 0.338 e. The molecule has 0 aliphatic rings. The zero-order chi connectivity index (χ0) is 19.3. The maximum absolute atomic E-state index is 12.9. The van der Waals surface area contributed by atoms with Crippen LogP contribution in [0.1, 0.15) is 34.6 Å². The van der Waals surface area contributed by atoms with Crippen LogP contribution in [-0.2, 0) is 4.74 Å². The van der Waals surface area contributed by atoms with Gasteiger partial charge in [-0.15, -0.1) is 0 Å². The van der Waals surface area contributed by atoms with E-state index in [0.29, 0.717) is 12.4 Å². The summed E-state index contributed by atoms with van der Waals surface area (Å²) >= 11 is 3.27. The van der Waals surface area contributed by atoms with Crippen LogP contribution in [0.25, 0.3) is 0 Å². The Balaban J connectivity index is 2.47. The predicted octanol–water partition coefficient (Wildman–Crippen LogP) is 3.60. The fraction of sp³-hybridized carbons (Fsp3) is 0.235. The zero-order valence-electron chi connectivity index (χ0n) is 14.1. The summed E-state index contributed by atoms with van der Waals surface area (Å²) in [7, 11) is 0. The third-order valence-corrected chi connectivity index (χ3v) is 3.91. The average Bonchev–Trinajstić information content (AvgIpc) is 2.63. The molecule has 136 valence electrons. The number of nitrogens with zero attached hydrogens (tertiary/aromatic N) is 3. The highest BCUT2D eigenvalue weighted by Gasteiger charge is 2.23. The van der Waals surface area contributed by atoms with Gasteiger partial charge < -0.3 is 4.74 Å². The minimum absolute atomic E-state index is 0.00817. The molecular formula is C17H16BrN3O5. The summed E-state index contributed by atoms with van der Waals surface area (Å²) in [5, 5.41) is 11.2. The fourth-order valence-corrected chi connectivity index (χ4v) is 2.50. The Labute approximate surface area is 158 Å². The standard InChI is InChI=1S/C17H16BrN3O5/c1-3-20(15-6-5-13(18)10-19-15)16(22)11-7-12(17(23)26-4-2)9-14(8-11)21(24)25/h5-10H,3-4H2,1-2H3. The summed E-state index contributed by atoms with van der Waals surface area (Å²) in [6.07, 6.45) is 1.54. The van der Waals surface area contributed by atoms with Crippen molar-refractivity contribution in [2.75, 3.05) is 18.1 Å². The minimum atomic E-state index is -0.727. The van der Waals surface area contributed by atoms with E-state index in [1.807, 2.05) is 0 Å². The molecule has 0 N–H and O–H groups in total. The van der Waals surface area contributed by atoms with Gasteiger partial charge in [0.05, 0.1) is 17.1 Å². The van der Waals surface area contributed by atoms with Gasteiger partial charge in [-0.05, 0) is 48.0 Å². The SMILES string of the molecule is CCOC(=O)c1cc(C(=O)N(CC)c2ccc(Br)cn2)cc([N+](=O)[O-])c1. The normalized spacial score (nSPS) is 10.3. The first-order valence-corrected chi connectivity index (χ1v) is 8.56. The largest absolute Gasteiger partial charge is 0.462 e. The van der Waals surface area contributed by atoms with Crippen LogP contribution in [0.15, 0.2) is 41.0 Å². The number of ether oxygens (including phenoxy) is 1. The highest BCUT2D eigenvalue weighted by atomic mass is 79.9. The summed E-state index contributed by atoms with van der Waals surface area (Å²) in [5.74, 6) is -0.837. The lowest BCUT2D eigenvalue weighted by Crippen LogP contribution is -2.31. The molecule has 9 heteroatoms. The molecule has 0 saturated carbocycles. The number of carbonyl (C=O) groups excluding carboxylic acids is 2. The van der Waals surface area contributed by atoms with Crippen LogP contribution in [0.2, 0.25) is 0 Å². The molecule has 1 aromatic carbocycles. The quantitative estimate of drug-likeness (QED) is 0.401. The van der Waals surface area contributed by atoms with E-state index in [0.717, 1.165) is 16.6 Å². The van der Waals surface area contributed by atoms with Crippen LogP contribution in [0.3, 0.4) is 0 Å². The number of hydrogen-bond acceptors (Lipinski definition) is 6. The second kappa shape index (κ2) is 8.52. The van der Waals surface area contributed by atoms with Gasteiger partial charge in [0.1, 0.15) is 5.82 Å². The molecule has 0 unspecified atom stereocenters. The van der Waals surface area contributed by atoms with Crippen LogP contribution >= 0.6 is 15.9 Å². The highest BCUT2D eigenvalue weighted by Crippen LogP contribution is 2.22. The lowest BCUT2D eigenvalue weighted by Gasteiger charge is -2.20. The van der Waals surface area contributed by atoms with E-state index in [1.165, 1.54) is 11.0 Å². The van der Waals surface area contributed by atoms with E-state index in [4.69, 9.17) is 4.74 Å². The summed E-state index contributed by atoms with van der Waals surface area (Å²) < 4.78 is 5.63. The van der Waals surface area contributed by atoms with Crippen molar-refractivity contribution in [3.63, 3.8) is 0 Å². The van der Waals surface area contributed by atoms with Crippen molar-refractivity contribution < 1.29 is 19.2 Å². The number of carbonyl (C=O) groups is 2. The van der Waals surface area contributed by atoms with Crippen molar-refractivity contribution in [3.8, 4) is 0 Å². The minimum Gasteiger partial charge on any atom is -0.462 e. The first-order valence-electron chi connectivity index (χ1n) is 7.77. The molecule has 0 aliphatic heterocycles. The molecule has 8 nitrogen and oxygen atoms in total. The number of amides is 1. The number of anilines is 1. The molecule has 26 heavy (non-hydrogen) atoms.